The van der Waals surface area contributed by atoms with Crippen molar-refractivity contribution in [2.75, 3.05) is 6.54 Å². The molecule has 0 aliphatic carbocycles. The quantitative estimate of drug-likeness (QED) is 0.627. The molecule has 0 bridgehead atoms. The molecule has 0 N–H and O–H groups in total. The van der Waals surface area contributed by atoms with E-state index in [1.807, 2.05) is 4.57 Å². The SMILES string of the molecule is Bc1cc(C(=O)N2CCn3c(nnc3-c3nc(C)c(F)s3)C2)ccc1F. The maximum Gasteiger partial charge on any atom is 0.254 e. The van der Waals surface area contributed by atoms with Gasteiger partial charge in [-0.25, -0.2) is 9.37 Å². The van der Waals surface area contributed by atoms with Gasteiger partial charge in [0, 0.05) is 18.7 Å². The van der Waals surface area contributed by atoms with Gasteiger partial charge in [0.25, 0.3) is 5.91 Å². The van der Waals surface area contributed by atoms with E-state index < -0.39 is 0 Å². The van der Waals surface area contributed by atoms with Gasteiger partial charge in [0.1, 0.15) is 13.7 Å². The van der Waals surface area contributed by atoms with E-state index in [1.165, 1.54) is 12.1 Å². The Hall–Kier alpha value is -2.62. The zero-order valence-corrected chi connectivity index (χ0v) is 15.0. The number of hydrogen-bond donors (Lipinski definition) is 0. The Balaban J connectivity index is 1.59. The molecule has 0 radical (unpaired) electrons. The number of hydrogen-bond acceptors (Lipinski definition) is 5. The molecule has 4 rings (SSSR count). The van der Waals surface area contributed by atoms with Crippen LogP contribution in [0.3, 0.4) is 0 Å². The van der Waals surface area contributed by atoms with Gasteiger partial charge in [0.2, 0.25) is 0 Å². The standard InChI is InChI=1S/C16H14BF2N5OS/c1-8-13(19)26-15(20-8)14-22-21-12-7-23(4-5-24(12)14)16(25)9-2-3-11(18)10(17)6-9/h2-3,6H,4-5,7,17H2,1H3. The van der Waals surface area contributed by atoms with Gasteiger partial charge in [-0.3, -0.25) is 4.79 Å². The van der Waals surface area contributed by atoms with E-state index in [9.17, 15) is 13.6 Å². The first kappa shape index (κ1) is 16.8. The van der Waals surface area contributed by atoms with Crippen LogP contribution in [0, 0.1) is 17.9 Å². The summed E-state index contributed by atoms with van der Waals surface area (Å²) >= 11 is 0.935. The van der Waals surface area contributed by atoms with Crippen molar-refractivity contribution >= 4 is 30.6 Å². The van der Waals surface area contributed by atoms with Crippen LogP contribution in [0.25, 0.3) is 10.8 Å². The van der Waals surface area contributed by atoms with Crippen LogP contribution in [-0.2, 0) is 13.1 Å². The van der Waals surface area contributed by atoms with Gasteiger partial charge < -0.3 is 9.47 Å². The average molecular weight is 373 g/mol. The molecule has 1 aliphatic rings. The molecule has 6 nitrogen and oxygen atoms in total. The zero-order chi connectivity index (χ0) is 18.4. The Morgan fingerprint density at radius 1 is 1.27 bits per heavy atom. The summed E-state index contributed by atoms with van der Waals surface area (Å²) in [5.41, 5.74) is 1.20. The second-order valence-corrected chi connectivity index (χ2v) is 7.11. The van der Waals surface area contributed by atoms with Gasteiger partial charge in [-0.15, -0.1) is 10.2 Å². The first-order valence-corrected chi connectivity index (χ1v) is 8.86. The van der Waals surface area contributed by atoms with Crippen molar-refractivity contribution in [2.24, 2.45) is 0 Å². The van der Waals surface area contributed by atoms with E-state index in [0.29, 0.717) is 46.5 Å². The normalized spacial score (nSPS) is 13.7. The minimum absolute atomic E-state index is 0.181. The molecule has 3 heterocycles. The lowest BCUT2D eigenvalue weighted by Gasteiger charge is -2.27. The number of carbonyl (C=O) groups excluding carboxylic acids is 1. The highest BCUT2D eigenvalue weighted by Crippen LogP contribution is 2.27. The lowest BCUT2D eigenvalue weighted by atomic mass is 9.93. The number of amides is 1. The predicted molar refractivity (Wildman–Crippen MR) is 95.1 cm³/mol. The van der Waals surface area contributed by atoms with Gasteiger partial charge in [-0.05, 0) is 19.1 Å². The number of thiazole rings is 1. The first-order valence-electron chi connectivity index (χ1n) is 8.05. The van der Waals surface area contributed by atoms with E-state index in [0.717, 1.165) is 11.3 Å². The summed E-state index contributed by atoms with van der Waals surface area (Å²) < 4.78 is 28.9. The summed E-state index contributed by atoms with van der Waals surface area (Å²) in [7, 11) is 1.63. The number of nitrogens with zero attached hydrogens (tertiary/aromatic N) is 5. The lowest BCUT2D eigenvalue weighted by Crippen LogP contribution is -2.38. The van der Waals surface area contributed by atoms with Crippen molar-refractivity contribution in [3.8, 4) is 10.8 Å². The predicted octanol–water partition coefficient (Wildman–Crippen LogP) is 0.903. The molecule has 0 atom stereocenters. The molecule has 26 heavy (non-hydrogen) atoms. The van der Waals surface area contributed by atoms with E-state index >= 15 is 0 Å². The van der Waals surface area contributed by atoms with Crippen molar-refractivity contribution in [1.82, 2.24) is 24.6 Å². The number of benzene rings is 1. The summed E-state index contributed by atoms with van der Waals surface area (Å²) in [6.07, 6.45) is 0. The third-order valence-electron chi connectivity index (χ3n) is 4.38. The van der Waals surface area contributed by atoms with Gasteiger partial charge >= 0.3 is 0 Å². The van der Waals surface area contributed by atoms with Crippen molar-refractivity contribution < 1.29 is 13.6 Å². The zero-order valence-electron chi connectivity index (χ0n) is 14.2. The van der Waals surface area contributed by atoms with E-state index in [1.54, 1.807) is 25.7 Å². The fourth-order valence-corrected chi connectivity index (χ4v) is 3.71. The smallest absolute Gasteiger partial charge is 0.254 e. The molecule has 10 heteroatoms. The molecular formula is C16H14BF2N5OS. The summed E-state index contributed by atoms with van der Waals surface area (Å²) in [6, 6.07) is 4.33. The van der Waals surface area contributed by atoms with Crippen LogP contribution in [0.4, 0.5) is 8.78 Å². The van der Waals surface area contributed by atoms with E-state index in [2.05, 4.69) is 15.2 Å². The van der Waals surface area contributed by atoms with Gasteiger partial charge in [0.05, 0.1) is 12.2 Å². The fraction of sp³-hybridized carbons (Fsp3) is 0.250. The van der Waals surface area contributed by atoms with Crippen LogP contribution in [0.1, 0.15) is 21.9 Å². The second kappa shape index (κ2) is 6.28. The Labute approximate surface area is 152 Å². The molecule has 3 aromatic rings. The Bertz CT molecular complexity index is 999. The second-order valence-electron chi connectivity index (χ2n) is 6.16. The molecule has 0 saturated heterocycles. The van der Waals surface area contributed by atoms with Crippen molar-refractivity contribution in [1.29, 1.82) is 0 Å². The number of rotatable bonds is 2. The minimum atomic E-state index is -0.337. The summed E-state index contributed by atoms with van der Waals surface area (Å²) in [5.74, 6) is 0.615. The molecule has 0 unspecified atom stereocenters. The van der Waals surface area contributed by atoms with Crippen LogP contribution < -0.4 is 5.46 Å². The summed E-state index contributed by atoms with van der Waals surface area (Å²) in [4.78, 5) is 18.5. The first-order chi connectivity index (χ1) is 12.4. The van der Waals surface area contributed by atoms with Crippen LogP contribution in [0.15, 0.2) is 18.2 Å². The van der Waals surface area contributed by atoms with Gasteiger partial charge in [-0.1, -0.05) is 22.9 Å². The third-order valence-corrected chi connectivity index (χ3v) is 5.32. The van der Waals surface area contributed by atoms with E-state index in [4.69, 9.17) is 0 Å². The van der Waals surface area contributed by atoms with Crippen molar-refractivity contribution in [2.45, 2.75) is 20.0 Å². The average Bonchev–Trinajstić information content (AvgIpc) is 3.19. The highest BCUT2D eigenvalue weighted by atomic mass is 32.1. The number of aromatic nitrogens is 4. The number of halogens is 2. The van der Waals surface area contributed by atoms with Crippen LogP contribution >= 0.6 is 11.3 Å². The van der Waals surface area contributed by atoms with E-state index in [-0.39, 0.29) is 23.4 Å². The van der Waals surface area contributed by atoms with Crippen LogP contribution in [0.2, 0.25) is 0 Å². The number of fused-ring (bicyclic) bond motifs is 1. The maximum absolute atomic E-state index is 13.6. The van der Waals surface area contributed by atoms with Gasteiger partial charge in [0.15, 0.2) is 21.8 Å². The Morgan fingerprint density at radius 3 is 2.77 bits per heavy atom. The molecule has 1 aliphatic heterocycles. The molecular weight excluding hydrogens is 359 g/mol. The summed E-state index contributed by atoms with van der Waals surface area (Å²) in [5, 5.41) is 8.40. The fourth-order valence-electron chi connectivity index (χ4n) is 2.92. The molecule has 1 amide bonds. The molecule has 2 aromatic heterocycles. The largest absolute Gasteiger partial charge is 0.329 e. The Kier molecular flexibility index (Phi) is 4.06. The molecule has 1 aromatic carbocycles. The number of carbonyl (C=O) groups is 1. The highest BCUT2D eigenvalue weighted by Gasteiger charge is 2.27. The number of aryl methyl sites for hydroxylation is 1. The highest BCUT2D eigenvalue weighted by molar-refractivity contribution is 7.13. The molecule has 0 saturated carbocycles. The minimum Gasteiger partial charge on any atom is -0.329 e. The molecule has 132 valence electrons. The molecule has 0 spiro atoms. The monoisotopic (exact) mass is 373 g/mol. The van der Waals surface area contributed by atoms with Gasteiger partial charge in [-0.2, -0.15) is 4.39 Å². The summed E-state index contributed by atoms with van der Waals surface area (Å²) in [6.45, 7) is 2.84. The molecule has 0 fully saturated rings. The maximum atomic E-state index is 13.6. The lowest BCUT2D eigenvalue weighted by molar-refractivity contribution is 0.0708. The van der Waals surface area contributed by atoms with Crippen LogP contribution in [-0.4, -0.2) is 44.9 Å². The topological polar surface area (TPSA) is 63.9 Å². The Morgan fingerprint density at radius 2 is 2.08 bits per heavy atom. The van der Waals surface area contributed by atoms with Crippen LogP contribution in [0.5, 0.6) is 0 Å². The third kappa shape index (κ3) is 2.80. The van der Waals surface area contributed by atoms with Crippen molar-refractivity contribution in [3.05, 3.63) is 46.2 Å². The van der Waals surface area contributed by atoms with Crippen molar-refractivity contribution in [3.63, 3.8) is 0 Å².